The Bertz CT molecular complexity index is 356. The number of nitrogens with zero attached hydrogens (tertiary/aromatic N) is 2. The molecule has 2 N–H and O–H groups in total. The summed E-state index contributed by atoms with van der Waals surface area (Å²) in [4.78, 5) is 17.7. The van der Waals surface area contributed by atoms with Gasteiger partial charge in [0.25, 0.3) is 0 Å². The van der Waals surface area contributed by atoms with Gasteiger partial charge in [-0.1, -0.05) is 0 Å². The molecule has 1 unspecified atom stereocenters. The lowest BCUT2D eigenvalue weighted by Gasteiger charge is -2.10. The van der Waals surface area contributed by atoms with Gasteiger partial charge in [0.1, 0.15) is 12.4 Å². The molecule has 0 aliphatic carbocycles. The van der Waals surface area contributed by atoms with Gasteiger partial charge in [-0.05, 0) is 13.8 Å². The van der Waals surface area contributed by atoms with E-state index in [1.54, 1.807) is 0 Å². The molecule has 14 heavy (non-hydrogen) atoms. The van der Waals surface area contributed by atoms with Crippen LogP contribution in [0.25, 0.3) is 0 Å². The number of rotatable bonds is 3. The number of carbonyl (C=O) groups is 1. The van der Waals surface area contributed by atoms with E-state index in [0.717, 1.165) is 0 Å². The minimum atomic E-state index is -1.07. The number of hydrogen-bond donors (Lipinski definition) is 2. The number of aromatic nitrogens is 2. The van der Waals surface area contributed by atoms with Crippen molar-refractivity contribution in [3.05, 3.63) is 17.8 Å². The van der Waals surface area contributed by atoms with Crippen molar-refractivity contribution in [2.45, 2.75) is 19.9 Å². The van der Waals surface area contributed by atoms with Gasteiger partial charge >= 0.3 is 5.97 Å². The van der Waals surface area contributed by atoms with Crippen LogP contribution in [-0.2, 0) is 4.79 Å². The molecule has 1 rings (SSSR count). The molecule has 0 aliphatic rings. The van der Waals surface area contributed by atoms with E-state index in [2.05, 4.69) is 15.3 Å². The second-order valence-electron chi connectivity index (χ2n) is 2.83. The quantitative estimate of drug-likeness (QED) is 0.753. The highest BCUT2D eigenvalue weighted by Gasteiger charge is 2.14. The molecule has 6 heteroatoms. The number of carboxylic acids is 1. The Morgan fingerprint density at radius 3 is 2.86 bits per heavy atom. The van der Waals surface area contributed by atoms with Crippen LogP contribution in [0, 0.1) is 12.7 Å². The second-order valence-corrected chi connectivity index (χ2v) is 2.83. The van der Waals surface area contributed by atoms with Gasteiger partial charge in [-0.15, -0.1) is 0 Å². The Hall–Kier alpha value is -1.72. The molecule has 0 radical (unpaired) electrons. The minimum absolute atomic E-state index is 0.0904. The van der Waals surface area contributed by atoms with Crippen LogP contribution in [0.1, 0.15) is 12.6 Å². The molecule has 0 saturated heterocycles. The van der Waals surface area contributed by atoms with Gasteiger partial charge in [-0.2, -0.15) is 0 Å². The zero-order valence-corrected chi connectivity index (χ0v) is 7.78. The topological polar surface area (TPSA) is 75.1 Å². The van der Waals surface area contributed by atoms with E-state index >= 15 is 0 Å². The van der Waals surface area contributed by atoms with Crippen molar-refractivity contribution < 1.29 is 14.3 Å². The van der Waals surface area contributed by atoms with E-state index < -0.39 is 17.8 Å². The maximum absolute atomic E-state index is 13.2. The summed E-state index contributed by atoms with van der Waals surface area (Å²) in [6.07, 6.45) is 1.18. The predicted molar refractivity (Wildman–Crippen MR) is 47.4 cm³/mol. The maximum atomic E-state index is 13.2. The van der Waals surface area contributed by atoms with Crippen LogP contribution in [0.5, 0.6) is 0 Å². The maximum Gasteiger partial charge on any atom is 0.325 e. The van der Waals surface area contributed by atoms with Crippen molar-refractivity contribution in [3.63, 3.8) is 0 Å². The van der Waals surface area contributed by atoms with Crippen molar-refractivity contribution in [1.29, 1.82) is 0 Å². The highest BCUT2D eigenvalue weighted by atomic mass is 19.1. The highest BCUT2D eigenvalue weighted by molar-refractivity contribution is 5.76. The van der Waals surface area contributed by atoms with Gasteiger partial charge in [0.05, 0.1) is 5.69 Å². The van der Waals surface area contributed by atoms with Crippen LogP contribution in [0.4, 0.5) is 10.2 Å². The van der Waals surface area contributed by atoms with Crippen molar-refractivity contribution in [1.82, 2.24) is 9.97 Å². The lowest BCUT2D eigenvalue weighted by Crippen LogP contribution is -2.26. The Morgan fingerprint density at radius 2 is 2.29 bits per heavy atom. The summed E-state index contributed by atoms with van der Waals surface area (Å²) in [5.41, 5.74) is 0.181. The summed E-state index contributed by atoms with van der Waals surface area (Å²) in [6.45, 7) is 2.88. The molecule has 0 amide bonds. The van der Waals surface area contributed by atoms with Crippen LogP contribution < -0.4 is 5.32 Å². The predicted octanol–water partition coefficient (Wildman–Crippen LogP) is 0.809. The van der Waals surface area contributed by atoms with Gasteiger partial charge in [0.15, 0.2) is 11.6 Å². The molecular formula is C8H10FN3O2. The molecule has 76 valence electrons. The van der Waals surface area contributed by atoms with Gasteiger partial charge in [0.2, 0.25) is 0 Å². The van der Waals surface area contributed by atoms with Crippen LogP contribution in [0.2, 0.25) is 0 Å². The molecule has 5 nitrogen and oxygen atoms in total. The van der Waals surface area contributed by atoms with E-state index in [9.17, 15) is 9.18 Å². The number of carboxylic acid groups (broad SMARTS) is 1. The van der Waals surface area contributed by atoms with Crippen LogP contribution >= 0.6 is 0 Å². The monoisotopic (exact) mass is 199 g/mol. The van der Waals surface area contributed by atoms with Gasteiger partial charge < -0.3 is 10.4 Å². The van der Waals surface area contributed by atoms with Crippen molar-refractivity contribution in [2.24, 2.45) is 0 Å². The number of halogens is 1. The van der Waals surface area contributed by atoms with Gasteiger partial charge in [-0.3, -0.25) is 4.79 Å². The van der Waals surface area contributed by atoms with E-state index in [0.29, 0.717) is 0 Å². The summed E-state index contributed by atoms with van der Waals surface area (Å²) in [5, 5.41) is 11.0. The first-order valence-corrected chi connectivity index (χ1v) is 3.99. The number of anilines is 1. The number of hydrogen-bond acceptors (Lipinski definition) is 4. The summed E-state index contributed by atoms with van der Waals surface area (Å²) in [6, 6.07) is -0.890. The Morgan fingerprint density at radius 1 is 1.64 bits per heavy atom. The minimum Gasteiger partial charge on any atom is -0.480 e. The van der Waals surface area contributed by atoms with E-state index in [-0.39, 0.29) is 11.5 Å². The third kappa shape index (κ3) is 2.15. The van der Waals surface area contributed by atoms with Crippen LogP contribution in [0.3, 0.4) is 0 Å². The van der Waals surface area contributed by atoms with E-state index in [4.69, 9.17) is 5.11 Å². The largest absolute Gasteiger partial charge is 0.480 e. The molecule has 1 aromatic rings. The summed E-state index contributed by atoms with van der Waals surface area (Å²) in [7, 11) is 0. The molecule has 1 heterocycles. The molecular weight excluding hydrogens is 189 g/mol. The van der Waals surface area contributed by atoms with E-state index in [1.165, 1.54) is 20.2 Å². The fourth-order valence-electron chi connectivity index (χ4n) is 0.825. The molecule has 0 spiro atoms. The zero-order valence-electron chi connectivity index (χ0n) is 7.78. The standard InChI is InChI=1S/C8H10FN3O2/c1-4-6(9)7(11-3-10-4)12-5(2)8(13)14/h3,5H,1-2H3,(H,13,14)(H,10,11,12). The summed E-state index contributed by atoms with van der Waals surface area (Å²) < 4.78 is 13.2. The van der Waals surface area contributed by atoms with Gasteiger partial charge in [0, 0.05) is 0 Å². The van der Waals surface area contributed by atoms with Crippen molar-refractivity contribution in [3.8, 4) is 0 Å². The summed E-state index contributed by atoms with van der Waals surface area (Å²) >= 11 is 0. The van der Waals surface area contributed by atoms with Crippen molar-refractivity contribution in [2.75, 3.05) is 5.32 Å². The molecule has 0 aromatic carbocycles. The third-order valence-corrected chi connectivity index (χ3v) is 1.69. The zero-order chi connectivity index (χ0) is 10.7. The number of nitrogens with one attached hydrogen (secondary N) is 1. The van der Waals surface area contributed by atoms with E-state index in [1.807, 2.05) is 0 Å². The normalized spacial score (nSPS) is 12.2. The van der Waals surface area contributed by atoms with Gasteiger partial charge in [-0.25, -0.2) is 14.4 Å². The summed E-state index contributed by atoms with van der Waals surface area (Å²) in [5.74, 6) is -1.78. The third-order valence-electron chi connectivity index (χ3n) is 1.69. The smallest absolute Gasteiger partial charge is 0.325 e. The Labute approximate surface area is 80.0 Å². The lowest BCUT2D eigenvalue weighted by molar-refractivity contribution is -0.137. The highest BCUT2D eigenvalue weighted by Crippen LogP contribution is 2.12. The van der Waals surface area contributed by atoms with Crippen LogP contribution in [0.15, 0.2) is 6.33 Å². The Balaban J connectivity index is 2.87. The Kier molecular flexibility index (Phi) is 2.95. The molecule has 0 fully saturated rings. The number of aliphatic carboxylic acids is 1. The molecule has 1 aromatic heterocycles. The van der Waals surface area contributed by atoms with Crippen molar-refractivity contribution >= 4 is 11.8 Å². The average molecular weight is 199 g/mol. The van der Waals surface area contributed by atoms with Crippen LogP contribution in [-0.4, -0.2) is 27.1 Å². The first kappa shape index (κ1) is 10.4. The fraction of sp³-hybridized carbons (Fsp3) is 0.375. The lowest BCUT2D eigenvalue weighted by atomic mass is 10.3. The fourth-order valence-corrected chi connectivity index (χ4v) is 0.825. The SMILES string of the molecule is Cc1ncnc(NC(C)C(=O)O)c1F. The molecule has 0 aliphatic heterocycles. The first-order valence-electron chi connectivity index (χ1n) is 3.99. The molecule has 1 atom stereocenters. The number of aryl methyl sites for hydroxylation is 1. The average Bonchev–Trinajstić information content (AvgIpc) is 2.12. The molecule has 0 saturated carbocycles. The second kappa shape index (κ2) is 3.99. The first-order chi connectivity index (χ1) is 6.52. The molecule has 0 bridgehead atoms.